The van der Waals surface area contributed by atoms with Gasteiger partial charge in [-0.25, -0.2) is 4.79 Å². The number of rotatable bonds is 11. The van der Waals surface area contributed by atoms with Crippen LogP contribution < -0.4 is 10.6 Å². The number of nitrogens with one attached hydrogen (secondary N) is 2. The molecule has 2 heterocycles. The Balaban J connectivity index is 1.37. The highest BCUT2D eigenvalue weighted by Crippen LogP contribution is 2.41. The minimum absolute atomic E-state index is 0.00854. The van der Waals surface area contributed by atoms with E-state index in [1.165, 1.54) is 28.4 Å². The molecule has 3 aromatic rings. The first-order valence-electron chi connectivity index (χ1n) is 13.7. The van der Waals surface area contributed by atoms with Gasteiger partial charge in [0.15, 0.2) is 11.8 Å². The molecule has 8 nitrogen and oxygen atoms in total. The molecule has 0 aliphatic carbocycles. The van der Waals surface area contributed by atoms with E-state index in [1.807, 2.05) is 97.9 Å². The monoisotopic (exact) mass is 601 g/mol. The van der Waals surface area contributed by atoms with E-state index in [2.05, 4.69) is 10.6 Å². The third kappa shape index (κ3) is 6.71. The summed E-state index contributed by atoms with van der Waals surface area (Å²) in [5.41, 5.74) is 1.88. The van der Waals surface area contributed by atoms with Gasteiger partial charge in [-0.15, -0.1) is 23.5 Å². The van der Waals surface area contributed by atoms with Crippen molar-refractivity contribution in [2.24, 2.45) is 0 Å². The summed E-state index contributed by atoms with van der Waals surface area (Å²) in [6, 6.07) is 27.5. The van der Waals surface area contributed by atoms with Gasteiger partial charge in [-0.2, -0.15) is 0 Å². The smallest absolute Gasteiger partial charge is 0.357 e. The number of carbonyl (C=O) groups excluding carboxylic acids is 4. The van der Waals surface area contributed by atoms with Gasteiger partial charge in [0.2, 0.25) is 11.8 Å². The molecule has 2 atom stereocenters. The predicted molar refractivity (Wildman–Crippen MR) is 163 cm³/mol. The van der Waals surface area contributed by atoms with Crippen molar-refractivity contribution in [2.45, 2.75) is 42.2 Å². The zero-order chi connectivity index (χ0) is 29.5. The van der Waals surface area contributed by atoms with Crippen LogP contribution in [-0.4, -0.2) is 51.5 Å². The van der Waals surface area contributed by atoms with Crippen LogP contribution in [0.5, 0.6) is 0 Å². The maximum absolute atomic E-state index is 13.9. The van der Waals surface area contributed by atoms with Gasteiger partial charge in [-0.05, 0) is 29.7 Å². The highest BCUT2D eigenvalue weighted by Gasteiger charge is 2.55. The second kappa shape index (κ2) is 13.8. The molecule has 1 saturated heterocycles. The zero-order valence-electron chi connectivity index (χ0n) is 23.0. The molecule has 216 valence electrons. The number of hydrogen-bond donors (Lipinski definition) is 2. The van der Waals surface area contributed by atoms with E-state index in [9.17, 15) is 19.2 Å². The van der Waals surface area contributed by atoms with Crippen molar-refractivity contribution in [3.63, 3.8) is 0 Å². The molecule has 1 fully saturated rings. The molecule has 2 N–H and O–H groups in total. The summed E-state index contributed by atoms with van der Waals surface area (Å²) in [6.45, 7) is 1.89. The van der Waals surface area contributed by atoms with Gasteiger partial charge in [-0.3, -0.25) is 19.3 Å². The number of thioether (sulfide) groups is 2. The lowest BCUT2D eigenvalue weighted by Crippen LogP contribution is -2.71. The van der Waals surface area contributed by atoms with Crippen molar-refractivity contribution in [2.75, 3.05) is 11.5 Å². The fourth-order valence-electron chi connectivity index (χ4n) is 4.79. The number of benzene rings is 3. The van der Waals surface area contributed by atoms with Gasteiger partial charge in [0.05, 0.1) is 11.4 Å². The van der Waals surface area contributed by atoms with Gasteiger partial charge in [0.1, 0.15) is 11.4 Å². The van der Waals surface area contributed by atoms with Gasteiger partial charge in [-0.1, -0.05) is 85.8 Å². The molecular weight excluding hydrogens is 571 g/mol. The summed E-state index contributed by atoms with van der Waals surface area (Å²) in [4.78, 5) is 54.9. The second-order valence-corrected chi connectivity index (χ2v) is 11.9. The molecule has 2 aliphatic rings. The van der Waals surface area contributed by atoms with E-state index in [1.54, 1.807) is 0 Å². The first-order valence-corrected chi connectivity index (χ1v) is 15.8. The number of hydrogen-bond acceptors (Lipinski definition) is 7. The highest BCUT2D eigenvalue weighted by atomic mass is 32.2. The molecule has 0 spiro atoms. The Labute approximate surface area is 253 Å². The van der Waals surface area contributed by atoms with E-state index >= 15 is 0 Å². The summed E-state index contributed by atoms with van der Waals surface area (Å²) in [6.07, 6.45) is 0.189. The summed E-state index contributed by atoms with van der Waals surface area (Å²) < 4.78 is 6.10. The van der Waals surface area contributed by atoms with Crippen molar-refractivity contribution in [1.29, 1.82) is 0 Å². The van der Waals surface area contributed by atoms with E-state index in [0.717, 1.165) is 16.0 Å². The van der Waals surface area contributed by atoms with Gasteiger partial charge in [0.25, 0.3) is 5.91 Å². The standard InChI is InChI=1S/C32H31N3O5S2/c1-2-12-25(36)33-24-19-42-31-27(34-26(37)20-41-23-17-10-5-11-18-23)30(38)35(31)28(24)32(39)40-29(21-13-6-3-7-14-21)22-15-8-4-9-16-22/h3-11,13-18,27,29,31H,2,12,19-20H2,1H3,(H,33,36)(H,34,37)/t27?,31-/m0/s1. The average molecular weight is 602 g/mol. The fraction of sp³-hybridized carbons (Fsp3) is 0.250. The Bertz CT molecular complexity index is 1430. The normalized spacial score (nSPS) is 17.8. The molecule has 0 saturated carbocycles. The predicted octanol–water partition coefficient (Wildman–Crippen LogP) is 4.64. The molecule has 42 heavy (non-hydrogen) atoms. The first-order chi connectivity index (χ1) is 20.5. The van der Waals surface area contributed by atoms with Crippen LogP contribution in [-0.2, 0) is 23.9 Å². The minimum atomic E-state index is -0.784. The molecule has 0 bridgehead atoms. The first kappa shape index (κ1) is 29.5. The molecule has 0 aromatic heterocycles. The Morgan fingerprint density at radius 2 is 1.52 bits per heavy atom. The van der Waals surface area contributed by atoms with Crippen molar-refractivity contribution in [3.8, 4) is 0 Å². The van der Waals surface area contributed by atoms with Crippen LogP contribution in [0.15, 0.2) is 107 Å². The summed E-state index contributed by atoms with van der Waals surface area (Å²) in [5, 5.41) is 5.17. The van der Waals surface area contributed by atoms with Gasteiger partial charge < -0.3 is 15.4 Å². The lowest BCUT2D eigenvalue weighted by molar-refractivity contribution is -0.154. The number of amides is 3. The molecular formula is C32H31N3O5S2. The van der Waals surface area contributed by atoms with E-state index in [0.29, 0.717) is 12.1 Å². The van der Waals surface area contributed by atoms with Gasteiger partial charge in [0, 0.05) is 17.1 Å². The van der Waals surface area contributed by atoms with Crippen molar-refractivity contribution in [3.05, 3.63) is 114 Å². The average Bonchev–Trinajstić information content (AvgIpc) is 3.02. The van der Waals surface area contributed by atoms with Crippen LogP contribution in [0, 0.1) is 0 Å². The Hall–Kier alpha value is -4.02. The summed E-state index contributed by atoms with van der Waals surface area (Å²) in [7, 11) is 0. The Kier molecular flexibility index (Phi) is 9.66. The highest BCUT2D eigenvalue weighted by molar-refractivity contribution is 8.00. The van der Waals surface area contributed by atoms with Crippen LogP contribution >= 0.6 is 23.5 Å². The molecule has 3 aromatic carbocycles. The second-order valence-electron chi connectivity index (χ2n) is 9.79. The lowest BCUT2D eigenvalue weighted by Gasteiger charge is -2.49. The summed E-state index contributed by atoms with van der Waals surface area (Å²) >= 11 is 2.77. The third-order valence-electron chi connectivity index (χ3n) is 6.79. The van der Waals surface area contributed by atoms with Crippen molar-refractivity contribution >= 4 is 47.2 Å². The fourth-order valence-corrected chi connectivity index (χ4v) is 6.80. The topological polar surface area (TPSA) is 105 Å². The third-order valence-corrected chi connectivity index (χ3v) is 9.08. The molecule has 3 amide bonds. The van der Waals surface area contributed by atoms with Crippen LogP contribution in [0.4, 0.5) is 0 Å². The largest absolute Gasteiger partial charge is 0.448 e. The van der Waals surface area contributed by atoms with E-state index in [4.69, 9.17) is 4.74 Å². The number of ether oxygens (including phenoxy) is 1. The number of esters is 1. The molecule has 2 aliphatic heterocycles. The number of β-lactam (4-membered cyclic amide) rings is 1. The van der Waals surface area contributed by atoms with Crippen LogP contribution in [0.3, 0.4) is 0 Å². The van der Waals surface area contributed by atoms with Crippen LogP contribution in [0.25, 0.3) is 0 Å². The van der Waals surface area contributed by atoms with Crippen LogP contribution in [0.1, 0.15) is 37.0 Å². The zero-order valence-corrected chi connectivity index (χ0v) is 24.7. The maximum atomic E-state index is 13.9. The van der Waals surface area contributed by atoms with E-state index < -0.39 is 29.4 Å². The van der Waals surface area contributed by atoms with Crippen molar-refractivity contribution in [1.82, 2.24) is 15.5 Å². The SMILES string of the molecule is CCCC(=O)NC1=C(C(=O)OC(c2ccccc2)c2ccccc2)N2C(=O)C(NC(=O)CSc3ccccc3)[C@@H]2SC1. The number of nitrogens with zero attached hydrogens (tertiary/aromatic N) is 1. The van der Waals surface area contributed by atoms with Crippen LogP contribution in [0.2, 0.25) is 0 Å². The van der Waals surface area contributed by atoms with Crippen molar-refractivity contribution < 1.29 is 23.9 Å². The number of fused-ring (bicyclic) bond motifs is 1. The summed E-state index contributed by atoms with van der Waals surface area (Å²) in [5.74, 6) is -1.22. The minimum Gasteiger partial charge on any atom is -0.448 e. The quantitative estimate of drug-likeness (QED) is 0.188. The van der Waals surface area contributed by atoms with Gasteiger partial charge >= 0.3 is 5.97 Å². The Morgan fingerprint density at radius 1 is 0.929 bits per heavy atom. The number of carbonyl (C=O) groups is 4. The van der Waals surface area contributed by atoms with E-state index in [-0.39, 0.29) is 35.4 Å². The molecule has 0 radical (unpaired) electrons. The Morgan fingerprint density at radius 3 is 2.12 bits per heavy atom. The molecule has 5 rings (SSSR count). The molecule has 1 unspecified atom stereocenters. The molecule has 10 heteroatoms. The lowest BCUT2D eigenvalue weighted by atomic mass is 10.0. The maximum Gasteiger partial charge on any atom is 0.357 e.